The monoisotopic (exact) mass is 364 g/mol. The third-order valence-electron chi connectivity index (χ3n) is 5.26. The average molecular weight is 364 g/mol. The maximum Gasteiger partial charge on any atom is 0.257 e. The van der Waals surface area contributed by atoms with E-state index in [1.54, 1.807) is 23.3 Å². The van der Waals surface area contributed by atoms with Gasteiger partial charge in [0.25, 0.3) is 15.9 Å². The number of rotatable bonds is 4. The number of carbonyl (C=O) groups is 1. The second-order valence-corrected chi connectivity index (χ2v) is 8.99. The van der Waals surface area contributed by atoms with E-state index in [0.717, 1.165) is 25.3 Å². The van der Waals surface area contributed by atoms with Crippen LogP contribution in [0.4, 0.5) is 0 Å². The molecule has 1 saturated carbocycles. The van der Waals surface area contributed by atoms with Gasteiger partial charge in [-0.2, -0.15) is 0 Å². The summed E-state index contributed by atoms with van der Waals surface area (Å²) in [5, 5.41) is 3.60. The van der Waals surface area contributed by atoms with Gasteiger partial charge in [-0.15, -0.1) is 4.40 Å². The second-order valence-electron chi connectivity index (χ2n) is 7.23. The van der Waals surface area contributed by atoms with E-state index >= 15 is 0 Å². The molecule has 8 heteroatoms. The molecule has 0 aromatic rings. The summed E-state index contributed by atoms with van der Waals surface area (Å²) in [4.78, 5) is 16.5. The highest BCUT2D eigenvalue weighted by Gasteiger charge is 2.33. The Hall–Kier alpha value is -1.67. The van der Waals surface area contributed by atoms with Crippen LogP contribution in [0.5, 0.6) is 0 Å². The van der Waals surface area contributed by atoms with Crippen LogP contribution in [0.15, 0.2) is 28.3 Å². The SMILES string of the molecule is O=C(C1=CC=CN2CCS(=O)(=O)N=C12)N1CCC(NCC2CC2)CC1. The highest BCUT2D eigenvalue weighted by atomic mass is 32.2. The Kier molecular flexibility index (Phi) is 4.41. The van der Waals surface area contributed by atoms with E-state index in [0.29, 0.717) is 31.2 Å². The van der Waals surface area contributed by atoms with E-state index in [4.69, 9.17) is 0 Å². The van der Waals surface area contributed by atoms with Crippen LogP contribution >= 0.6 is 0 Å². The third kappa shape index (κ3) is 3.79. The van der Waals surface area contributed by atoms with Crippen LogP contribution < -0.4 is 5.32 Å². The first-order valence-electron chi connectivity index (χ1n) is 9.03. The minimum atomic E-state index is -3.48. The largest absolute Gasteiger partial charge is 0.338 e. The zero-order chi connectivity index (χ0) is 17.4. The fraction of sp³-hybridized carbons (Fsp3) is 0.647. The molecule has 4 aliphatic rings. The molecular weight excluding hydrogens is 340 g/mol. The van der Waals surface area contributed by atoms with Gasteiger partial charge in [-0.05, 0) is 50.3 Å². The van der Waals surface area contributed by atoms with Gasteiger partial charge in [-0.3, -0.25) is 4.79 Å². The molecule has 3 heterocycles. The summed E-state index contributed by atoms with van der Waals surface area (Å²) in [7, 11) is -3.48. The smallest absolute Gasteiger partial charge is 0.257 e. The number of hydrogen-bond donors (Lipinski definition) is 1. The molecule has 1 saturated heterocycles. The lowest BCUT2D eigenvalue weighted by molar-refractivity contribution is -0.127. The van der Waals surface area contributed by atoms with Crippen molar-refractivity contribution >= 4 is 21.8 Å². The molecule has 7 nitrogen and oxygen atoms in total. The fourth-order valence-corrected chi connectivity index (χ4v) is 4.48. The normalized spacial score (nSPS) is 26.1. The molecule has 0 spiro atoms. The Morgan fingerprint density at radius 1 is 1.20 bits per heavy atom. The van der Waals surface area contributed by atoms with Gasteiger partial charge < -0.3 is 15.1 Å². The number of carbonyl (C=O) groups excluding carboxylic acids is 1. The summed E-state index contributed by atoms with van der Waals surface area (Å²) in [6, 6.07) is 0.480. The van der Waals surface area contributed by atoms with Gasteiger partial charge in [0.05, 0.1) is 11.3 Å². The maximum atomic E-state index is 12.9. The van der Waals surface area contributed by atoms with Crippen molar-refractivity contribution in [1.29, 1.82) is 0 Å². The van der Waals surface area contributed by atoms with Gasteiger partial charge in [0.1, 0.15) is 0 Å². The van der Waals surface area contributed by atoms with Crippen molar-refractivity contribution in [2.24, 2.45) is 10.3 Å². The highest BCUT2D eigenvalue weighted by molar-refractivity contribution is 7.90. The maximum absolute atomic E-state index is 12.9. The molecule has 0 aromatic carbocycles. The quantitative estimate of drug-likeness (QED) is 0.784. The van der Waals surface area contributed by atoms with Crippen LogP contribution in [-0.2, 0) is 14.8 Å². The van der Waals surface area contributed by atoms with Crippen molar-refractivity contribution in [1.82, 2.24) is 15.1 Å². The first-order valence-corrected chi connectivity index (χ1v) is 10.6. The summed E-state index contributed by atoms with van der Waals surface area (Å²) >= 11 is 0. The molecule has 0 aromatic heterocycles. The lowest BCUT2D eigenvalue weighted by atomic mass is 10.0. The van der Waals surface area contributed by atoms with Crippen molar-refractivity contribution < 1.29 is 13.2 Å². The van der Waals surface area contributed by atoms with Crippen LogP contribution in [0.3, 0.4) is 0 Å². The third-order valence-corrected chi connectivity index (χ3v) is 6.41. The Balaban J connectivity index is 1.41. The van der Waals surface area contributed by atoms with Crippen molar-refractivity contribution in [2.45, 2.75) is 31.7 Å². The Labute approximate surface area is 148 Å². The van der Waals surface area contributed by atoms with Crippen LogP contribution in [0.25, 0.3) is 0 Å². The molecule has 136 valence electrons. The van der Waals surface area contributed by atoms with Crippen LogP contribution in [0.1, 0.15) is 25.7 Å². The minimum Gasteiger partial charge on any atom is -0.338 e. The van der Waals surface area contributed by atoms with Crippen molar-refractivity contribution in [2.75, 3.05) is 31.9 Å². The minimum absolute atomic E-state index is 0.0135. The number of likely N-dealkylation sites (tertiary alicyclic amines) is 1. The molecule has 4 rings (SSSR count). The zero-order valence-electron chi connectivity index (χ0n) is 14.2. The van der Waals surface area contributed by atoms with Gasteiger partial charge in [-0.1, -0.05) is 0 Å². The van der Waals surface area contributed by atoms with E-state index in [-0.39, 0.29) is 17.5 Å². The number of sulfonamides is 1. The number of allylic oxidation sites excluding steroid dienone is 2. The number of piperidine rings is 1. The van der Waals surface area contributed by atoms with E-state index in [9.17, 15) is 13.2 Å². The summed E-state index contributed by atoms with van der Waals surface area (Å²) in [5.41, 5.74) is 0.384. The predicted molar refractivity (Wildman–Crippen MR) is 95.5 cm³/mol. The fourth-order valence-electron chi connectivity index (χ4n) is 3.50. The molecule has 0 unspecified atom stereocenters. The van der Waals surface area contributed by atoms with E-state index in [1.807, 2.05) is 4.90 Å². The van der Waals surface area contributed by atoms with Gasteiger partial charge in [0.15, 0.2) is 5.84 Å². The molecule has 2 fully saturated rings. The molecule has 25 heavy (non-hydrogen) atoms. The standard InChI is InChI=1S/C17H24N4O3S/c22-17(21-8-5-14(6-9-21)18-12-13-3-4-13)15-2-1-7-20-10-11-25(23,24)19-16(15)20/h1-2,7,13-14,18H,3-6,8-12H2. The summed E-state index contributed by atoms with van der Waals surface area (Å²) in [5.74, 6) is 0.995. The van der Waals surface area contributed by atoms with Crippen molar-refractivity contribution in [3.8, 4) is 0 Å². The number of fused-ring (bicyclic) bond motifs is 1. The summed E-state index contributed by atoms with van der Waals surface area (Å²) in [6.07, 6.45) is 9.80. The van der Waals surface area contributed by atoms with Gasteiger partial charge in [0.2, 0.25) is 0 Å². The Morgan fingerprint density at radius 3 is 2.68 bits per heavy atom. The van der Waals surface area contributed by atoms with Crippen molar-refractivity contribution in [3.63, 3.8) is 0 Å². The summed E-state index contributed by atoms with van der Waals surface area (Å²) in [6.45, 7) is 2.83. The molecule has 3 aliphatic heterocycles. The first-order chi connectivity index (χ1) is 12.0. The van der Waals surface area contributed by atoms with Crippen LogP contribution in [0.2, 0.25) is 0 Å². The average Bonchev–Trinajstić information content (AvgIpc) is 3.43. The van der Waals surface area contributed by atoms with Gasteiger partial charge in [0, 0.05) is 31.9 Å². The molecule has 1 N–H and O–H groups in total. The topological polar surface area (TPSA) is 82.1 Å². The van der Waals surface area contributed by atoms with E-state index in [2.05, 4.69) is 9.71 Å². The number of nitrogens with zero attached hydrogens (tertiary/aromatic N) is 3. The van der Waals surface area contributed by atoms with E-state index < -0.39 is 10.0 Å². The Morgan fingerprint density at radius 2 is 1.96 bits per heavy atom. The number of amidine groups is 1. The lowest BCUT2D eigenvalue weighted by Crippen LogP contribution is -2.48. The predicted octanol–water partition coefficient (Wildman–Crippen LogP) is 0.475. The highest BCUT2D eigenvalue weighted by Crippen LogP contribution is 2.28. The summed E-state index contributed by atoms with van der Waals surface area (Å²) < 4.78 is 27.5. The molecule has 1 aliphatic carbocycles. The molecule has 1 amide bonds. The van der Waals surface area contributed by atoms with Gasteiger partial charge >= 0.3 is 0 Å². The van der Waals surface area contributed by atoms with Crippen LogP contribution in [0, 0.1) is 5.92 Å². The molecule has 0 bridgehead atoms. The van der Waals surface area contributed by atoms with Gasteiger partial charge in [-0.25, -0.2) is 8.42 Å². The first kappa shape index (κ1) is 16.8. The zero-order valence-corrected chi connectivity index (χ0v) is 15.0. The Bertz CT molecular complexity index is 744. The lowest BCUT2D eigenvalue weighted by Gasteiger charge is -2.35. The van der Waals surface area contributed by atoms with Crippen LogP contribution in [-0.4, -0.2) is 67.9 Å². The molecule has 0 atom stereocenters. The number of hydrogen-bond acceptors (Lipinski definition) is 5. The number of amides is 1. The molecular formula is C17H24N4O3S. The van der Waals surface area contributed by atoms with Crippen molar-refractivity contribution in [3.05, 3.63) is 23.9 Å². The number of nitrogens with one attached hydrogen (secondary N) is 1. The second kappa shape index (κ2) is 6.57. The molecule has 0 radical (unpaired) electrons. The van der Waals surface area contributed by atoms with E-state index in [1.165, 1.54) is 12.8 Å².